The maximum absolute atomic E-state index is 5.74. The van der Waals surface area contributed by atoms with Crippen LogP contribution < -0.4 is 5.73 Å². The smallest absolute Gasteiger partial charge is 0.169 e. The predicted octanol–water partition coefficient (Wildman–Crippen LogP) is 1.83. The van der Waals surface area contributed by atoms with Gasteiger partial charge in [0, 0.05) is 4.90 Å². The summed E-state index contributed by atoms with van der Waals surface area (Å²) in [5.74, 6) is 0.291. The van der Waals surface area contributed by atoms with E-state index in [1.165, 1.54) is 6.20 Å². The third kappa shape index (κ3) is 2.40. The van der Waals surface area contributed by atoms with E-state index >= 15 is 0 Å². The SMILES string of the molecule is CSc1cccc(N=C(N)c2cnon2)c1. The van der Waals surface area contributed by atoms with Crippen molar-refractivity contribution in [2.24, 2.45) is 10.7 Å². The molecule has 0 fully saturated rings. The van der Waals surface area contributed by atoms with E-state index in [0.29, 0.717) is 11.5 Å². The zero-order valence-electron chi connectivity index (χ0n) is 8.62. The second kappa shape index (κ2) is 4.80. The fourth-order valence-electron chi connectivity index (χ4n) is 1.15. The normalized spacial score (nSPS) is 11.7. The van der Waals surface area contributed by atoms with E-state index in [2.05, 4.69) is 19.9 Å². The van der Waals surface area contributed by atoms with Gasteiger partial charge in [-0.2, -0.15) is 0 Å². The van der Waals surface area contributed by atoms with Crippen molar-refractivity contribution in [3.05, 3.63) is 36.2 Å². The molecule has 0 saturated carbocycles. The van der Waals surface area contributed by atoms with Crippen molar-refractivity contribution in [2.45, 2.75) is 4.90 Å². The van der Waals surface area contributed by atoms with E-state index in [1.807, 2.05) is 30.5 Å². The number of aromatic nitrogens is 2. The van der Waals surface area contributed by atoms with Gasteiger partial charge in [-0.15, -0.1) is 11.8 Å². The molecular formula is C10H10N4OS. The molecule has 5 nitrogen and oxygen atoms in total. The average Bonchev–Trinajstić information content (AvgIpc) is 2.83. The van der Waals surface area contributed by atoms with Crippen molar-refractivity contribution >= 4 is 23.3 Å². The Morgan fingerprint density at radius 3 is 3.06 bits per heavy atom. The van der Waals surface area contributed by atoms with Gasteiger partial charge in [0.05, 0.1) is 5.69 Å². The maximum atomic E-state index is 5.74. The number of hydrogen-bond acceptors (Lipinski definition) is 5. The van der Waals surface area contributed by atoms with Gasteiger partial charge in [-0.25, -0.2) is 9.62 Å². The summed E-state index contributed by atoms with van der Waals surface area (Å²) in [4.78, 5) is 5.36. The Bertz CT molecular complexity index is 495. The molecule has 0 aliphatic heterocycles. The van der Waals surface area contributed by atoms with Gasteiger partial charge in [0.2, 0.25) is 0 Å². The van der Waals surface area contributed by atoms with Crippen LogP contribution >= 0.6 is 11.8 Å². The summed E-state index contributed by atoms with van der Waals surface area (Å²) in [6.07, 6.45) is 3.44. The summed E-state index contributed by atoms with van der Waals surface area (Å²) < 4.78 is 4.45. The average molecular weight is 234 g/mol. The van der Waals surface area contributed by atoms with Crippen LogP contribution in [0.5, 0.6) is 0 Å². The van der Waals surface area contributed by atoms with Crippen LogP contribution in [0.25, 0.3) is 0 Å². The minimum absolute atomic E-state index is 0.291. The molecule has 82 valence electrons. The van der Waals surface area contributed by atoms with Crippen LogP contribution in [-0.2, 0) is 0 Å². The van der Waals surface area contributed by atoms with Gasteiger partial charge >= 0.3 is 0 Å². The highest BCUT2D eigenvalue weighted by Gasteiger charge is 2.03. The molecule has 1 heterocycles. The zero-order valence-corrected chi connectivity index (χ0v) is 9.44. The molecule has 0 aliphatic carbocycles. The molecule has 2 rings (SSSR count). The summed E-state index contributed by atoms with van der Waals surface area (Å²) in [5, 5.41) is 7.08. The highest BCUT2D eigenvalue weighted by molar-refractivity contribution is 7.98. The van der Waals surface area contributed by atoms with Crippen molar-refractivity contribution in [3.8, 4) is 0 Å². The quantitative estimate of drug-likeness (QED) is 0.498. The first-order valence-corrected chi connectivity index (χ1v) is 5.78. The number of hydrogen-bond donors (Lipinski definition) is 1. The monoisotopic (exact) mass is 234 g/mol. The number of benzene rings is 1. The van der Waals surface area contributed by atoms with Crippen LogP contribution in [0.1, 0.15) is 5.69 Å². The molecule has 0 aliphatic rings. The fraction of sp³-hybridized carbons (Fsp3) is 0.100. The second-order valence-corrected chi connectivity index (χ2v) is 3.87. The summed E-state index contributed by atoms with van der Waals surface area (Å²) in [6, 6.07) is 7.77. The lowest BCUT2D eigenvalue weighted by atomic mass is 10.3. The fourth-order valence-corrected chi connectivity index (χ4v) is 1.61. The van der Waals surface area contributed by atoms with E-state index < -0.39 is 0 Å². The van der Waals surface area contributed by atoms with E-state index in [9.17, 15) is 0 Å². The van der Waals surface area contributed by atoms with Crippen molar-refractivity contribution in [2.75, 3.05) is 6.26 Å². The number of nitrogens with zero attached hydrogens (tertiary/aromatic N) is 3. The molecule has 0 unspecified atom stereocenters. The molecule has 0 atom stereocenters. The van der Waals surface area contributed by atoms with Gasteiger partial charge in [-0.1, -0.05) is 11.2 Å². The molecule has 16 heavy (non-hydrogen) atoms. The second-order valence-electron chi connectivity index (χ2n) is 2.99. The van der Waals surface area contributed by atoms with Crippen LogP contribution in [-0.4, -0.2) is 22.4 Å². The Hall–Kier alpha value is -1.82. The predicted molar refractivity (Wildman–Crippen MR) is 62.9 cm³/mol. The van der Waals surface area contributed by atoms with Gasteiger partial charge < -0.3 is 5.73 Å². The molecule has 1 aromatic carbocycles. The minimum Gasteiger partial charge on any atom is -0.382 e. The van der Waals surface area contributed by atoms with Gasteiger partial charge in [-0.05, 0) is 29.6 Å². The van der Waals surface area contributed by atoms with Crippen molar-refractivity contribution in [3.63, 3.8) is 0 Å². The highest BCUT2D eigenvalue weighted by atomic mass is 32.2. The van der Waals surface area contributed by atoms with Crippen molar-refractivity contribution in [1.82, 2.24) is 10.3 Å². The number of amidine groups is 1. The Morgan fingerprint density at radius 1 is 1.50 bits per heavy atom. The van der Waals surface area contributed by atoms with Crippen LogP contribution in [0.15, 0.2) is 45.0 Å². The lowest BCUT2D eigenvalue weighted by Gasteiger charge is -1.99. The number of aliphatic imine (C=N–C) groups is 1. The van der Waals surface area contributed by atoms with Crippen LogP contribution in [0.4, 0.5) is 5.69 Å². The molecular weight excluding hydrogens is 224 g/mol. The van der Waals surface area contributed by atoms with Crippen LogP contribution in [0.2, 0.25) is 0 Å². The first kappa shape index (κ1) is 10.7. The molecule has 0 bridgehead atoms. The first-order chi connectivity index (χ1) is 7.79. The molecule has 0 amide bonds. The first-order valence-electron chi connectivity index (χ1n) is 4.56. The molecule has 6 heteroatoms. The molecule has 1 aromatic heterocycles. The number of nitrogens with two attached hydrogens (primary N) is 1. The number of rotatable bonds is 3. The van der Waals surface area contributed by atoms with Crippen molar-refractivity contribution < 1.29 is 4.63 Å². The van der Waals surface area contributed by atoms with E-state index in [4.69, 9.17) is 5.73 Å². The minimum atomic E-state index is 0.291. The van der Waals surface area contributed by atoms with Gasteiger partial charge in [0.15, 0.2) is 11.5 Å². The topological polar surface area (TPSA) is 77.3 Å². The molecule has 2 N–H and O–H groups in total. The zero-order chi connectivity index (χ0) is 11.4. The summed E-state index contributed by atoms with van der Waals surface area (Å²) in [6.45, 7) is 0. The maximum Gasteiger partial charge on any atom is 0.169 e. The highest BCUT2D eigenvalue weighted by Crippen LogP contribution is 2.21. The number of thioether (sulfide) groups is 1. The van der Waals surface area contributed by atoms with E-state index in [0.717, 1.165) is 10.6 Å². The molecule has 0 spiro atoms. The third-order valence-corrected chi connectivity index (χ3v) is 2.65. The standard InChI is InChI=1S/C10H10N4OS/c1-16-8-4-2-3-7(5-8)13-10(11)9-6-12-15-14-9/h2-6H,1H3,(H2,11,13). The van der Waals surface area contributed by atoms with E-state index in [-0.39, 0.29) is 0 Å². The van der Waals surface area contributed by atoms with Gasteiger partial charge in [0.1, 0.15) is 6.20 Å². The largest absolute Gasteiger partial charge is 0.382 e. The molecule has 0 radical (unpaired) electrons. The molecule has 0 saturated heterocycles. The van der Waals surface area contributed by atoms with Gasteiger partial charge in [0.25, 0.3) is 0 Å². The summed E-state index contributed by atoms with van der Waals surface area (Å²) >= 11 is 1.65. The third-order valence-electron chi connectivity index (χ3n) is 1.93. The van der Waals surface area contributed by atoms with Crippen molar-refractivity contribution in [1.29, 1.82) is 0 Å². The van der Waals surface area contributed by atoms with Crippen LogP contribution in [0.3, 0.4) is 0 Å². The lowest BCUT2D eigenvalue weighted by Crippen LogP contribution is -2.12. The summed E-state index contributed by atoms with van der Waals surface area (Å²) in [5.41, 5.74) is 6.97. The van der Waals surface area contributed by atoms with E-state index in [1.54, 1.807) is 11.8 Å². The lowest BCUT2D eigenvalue weighted by molar-refractivity contribution is 0.306. The van der Waals surface area contributed by atoms with Crippen LogP contribution in [0, 0.1) is 0 Å². The van der Waals surface area contributed by atoms with Gasteiger partial charge in [-0.3, -0.25) is 0 Å². The Labute approximate surface area is 96.7 Å². The Morgan fingerprint density at radius 2 is 2.38 bits per heavy atom. The Balaban J connectivity index is 2.28. The molecule has 2 aromatic rings. The Kier molecular flexibility index (Phi) is 3.21. The summed E-state index contributed by atoms with van der Waals surface area (Å²) in [7, 11) is 0.